The first-order valence-corrected chi connectivity index (χ1v) is 9.95. The largest absolute Gasteiger partial charge is 0.364 e. The van der Waals surface area contributed by atoms with Crippen molar-refractivity contribution in [1.29, 1.82) is 0 Å². The fraction of sp³-hybridized carbons (Fsp3) is 0.429. The van der Waals surface area contributed by atoms with Gasteiger partial charge >= 0.3 is 0 Å². The van der Waals surface area contributed by atoms with E-state index in [1.165, 1.54) is 12.7 Å². The lowest BCUT2D eigenvalue weighted by Crippen LogP contribution is -2.58. The van der Waals surface area contributed by atoms with Crippen LogP contribution in [0.1, 0.15) is 47.7 Å². The lowest BCUT2D eigenvalue weighted by atomic mass is 9.82. The Morgan fingerprint density at radius 2 is 2.11 bits per heavy atom. The number of nitrogens with one attached hydrogen (secondary N) is 2. The SMILES string of the molecule is Cc1cccc2c1C(=O)N(C1CCC1)C(C(C)Nc1ncnc3nc[nH]c13)C2. The van der Waals surface area contributed by atoms with E-state index in [4.69, 9.17) is 0 Å². The van der Waals surface area contributed by atoms with Crippen LogP contribution in [-0.4, -0.2) is 48.9 Å². The molecule has 1 saturated carbocycles. The van der Waals surface area contributed by atoms with Crippen molar-refractivity contribution < 1.29 is 4.79 Å². The minimum absolute atomic E-state index is 0.0413. The van der Waals surface area contributed by atoms with Crippen LogP contribution >= 0.6 is 0 Å². The third kappa shape index (κ3) is 2.65. The van der Waals surface area contributed by atoms with Crippen molar-refractivity contribution in [3.05, 3.63) is 47.5 Å². The molecule has 3 aromatic rings. The number of carbonyl (C=O) groups is 1. The number of amides is 1. The molecule has 2 aliphatic rings. The van der Waals surface area contributed by atoms with Gasteiger partial charge in [0, 0.05) is 17.6 Å². The lowest BCUT2D eigenvalue weighted by molar-refractivity contribution is 0.0376. The van der Waals surface area contributed by atoms with Crippen molar-refractivity contribution in [3.63, 3.8) is 0 Å². The third-order valence-corrected chi connectivity index (χ3v) is 6.23. The molecule has 0 saturated heterocycles. The van der Waals surface area contributed by atoms with Crippen LogP contribution in [0.2, 0.25) is 0 Å². The fourth-order valence-corrected chi connectivity index (χ4v) is 4.51. The summed E-state index contributed by atoms with van der Waals surface area (Å²) >= 11 is 0. The molecule has 0 bridgehead atoms. The second kappa shape index (κ2) is 6.58. The van der Waals surface area contributed by atoms with Gasteiger partial charge in [0.05, 0.1) is 12.4 Å². The first kappa shape index (κ1) is 17.2. The Hall–Kier alpha value is -2.96. The van der Waals surface area contributed by atoms with Gasteiger partial charge in [0.2, 0.25) is 0 Å². The molecule has 144 valence electrons. The molecule has 2 N–H and O–H groups in total. The average Bonchev–Trinajstić information content (AvgIpc) is 3.12. The molecule has 2 unspecified atom stereocenters. The minimum Gasteiger partial charge on any atom is -0.364 e. The summed E-state index contributed by atoms with van der Waals surface area (Å²) in [6.07, 6.45) is 7.38. The zero-order valence-corrected chi connectivity index (χ0v) is 16.1. The number of hydrogen-bond donors (Lipinski definition) is 2. The number of hydrogen-bond acceptors (Lipinski definition) is 5. The zero-order chi connectivity index (χ0) is 19.3. The van der Waals surface area contributed by atoms with E-state index < -0.39 is 0 Å². The van der Waals surface area contributed by atoms with Gasteiger partial charge in [-0.25, -0.2) is 15.0 Å². The molecule has 1 fully saturated rings. The summed E-state index contributed by atoms with van der Waals surface area (Å²) < 4.78 is 0. The molecular weight excluding hydrogens is 352 g/mol. The van der Waals surface area contributed by atoms with Crippen LogP contribution in [0, 0.1) is 6.92 Å². The van der Waals surface area contributed by atoms with Crippen molar-refractivity contribution in [2.75, 3.05) is 5.32 Å². The molecule has 1 aliphatic heterocycles. The summed E-state index contributed by atoms with van der Waals surface area (Å²) in [5, 5.41) is 3.52. The highest BCUT2D eigenvalue weighted by molar-refractivity contribution is 5.99. The zero-order valence-electron chi connectivity index (χ0n) is 16.1. The molecule has 28 heavy (non-hydrogen) atoms. The van der Waals surface area contributed by atoms with Gasteiger partial charge in [-0.15, -0.1) is 0 Å². The normalized spacial score (nSPS) is 20.7. The predicted octanol–water partition coefficient (Wildman–Crippen LogP) is 3.08. The van der Waals surface area contributed by atoms with Gasteiger partial charge in [-0.2, -0.15) is 0 Å². The number of benzene rings is 1. The third-order valence-electron chi connectivity index (χ3n) is 6.23. The molecule has 2 atom stereocenters. The fourth-order valence-electron chi connectivity index (χ4n) is 4.51. The van der Waals surface area contributed by atoms with Gasteiger partial charge in [-0.3, -0.25) is 4.79 Å². The second-order valence-electron chi connectivity index (χ2n) is 7.93. The van der Waals surface area contributed by atoms with Gasteiger partial charge in [-0.1, -0.05) is 18.2 Å². The first-order chi connectivity index (χ1) is 13.6. The maximum Gasteiger partial charge on any atom is 0.254 e. The van der Waals surface area contributed by atoms with Gasteiger partial charge in [-0.05, 0) is 50.7 Å². The molecule has 0 spiro atoms. The summed E-state index contributed by atoms with van der Waals surface area (Å²) in [4.78, 5) is 31.5. The molecule has 5 rings (SSSR count). The molecule has 2 aromatic heterocycles. The molecule has 0 radical (unpaired) electrons. The van der Waals surface area contributed by atoms with Gasteiger partial charge in [0.1, 0.15) is 11.8 Å². The minimum atomic E-state index is 0.0413. The Morgan fingerprint density at radius 1 is 1.25 bits per heavy atom. The van der Waals surface area contributed by atoms with Crippen LogP contribution in [0.3, 0.4) is 0 Å². The van der Waals surface area contributed by atoms with E-state index in [2.05, 4.69) is 43.1 Å². The van der Waals surface area contributed by atoms with E-state index in [9.17, 15) is 4.79 Å². The van der Waals surface area contributed by atoms with Crippen LogP contribution in [0.25, 0.3) is 11.2 Å². The quantitative estimate of drug-likeness (QED) is 0.731. The highest BCUT2D eigenvalue weighted by Gasteiger charge is 2.41. The van der Waals surface area contributed by atoms with E-state index in [1.54, 1.807) is 6.33 Å². The molecule has 1 aliphatic carbocycles. The van der Waals surface area contributed by atoms with Crippen LogP contribution < -0.4 is 5.32 Å². The number of rotatable bonds is 4. The maximum absolute atomic E-state index is 13.5. The Balaban J connectivity index is 1.50. The summed E-state index contributed by atoms with van der Waals surface area (Å²) in [6, 6.07) is 6.64. The number of imidazole rings is 1. The number of carbonyl (C=O) groups excluding carboxylic acids is 1. The summed E-state index contributed by atoms with van der Waals surface area (Å²) in [6.45, 7) is 4.17. The molecule has 1 aromatic carbocycles. The van der Waals surface area contributed by atoms with Crippen LogP contribution in [0.5, 0.6) is 0 Å². The van der Waals surface area contributed by atoms with E-state index >= 15 is 0 Å². The first-order valence-electron chi connectivity index (χ1n) is 9.95. The standard InChI is InChI=1S/C21H24N6O/c1-12-5-3-6-14-9-16(27(15-7-4-8-15)21(28)17(12)14)13(2)26-20-18-19(23-10-22-18)24-11-25-20/h3,5-6,10-11,13,15-16H,4,7-9H2,1-2H3,(H2,22,23,24,25,26). The summed E-state index contributed by atoms with van der Waals surface area (Å²) in [5.41, 5.74) is 4.55. The van der Waals surface area contributed by atoms with Crippen molar-refractivity contribution in [2.45, 2.75) is 57.7 Å². The van der Waals surface area contributed by atoms with Gasteiger partial charge < -0.3 is 15.2 Å². The highest BCUT2D eigenvalue weighted by atomic mass is 16.2. The molecule has 7 heteroatoms. The van der Waals surface area contributed by atoms with E-state index in [0.717, 1.165) is 47.3 Å². The van der Waals surface area contributed by atoms with Gasteiger partial charge in [0.25, 0.3) is 5.91 Å². The van der Waals surface area contributed by atoms with Crippen molar-refractivity contribution in [2.24, 2.45) is 0 Å². The van der Waals surface area contributed by atoms with Crippen LogP contribution in [0.15, 0.2) is 30.9 Å². The monoisotopic (exact) mass is 376 g/mol. The van der Waals surface area contributed by atoms with E-state index in [0.29, 0.717) is 11.7 Å². The number of fused-ring (bicyclic) bond motifs is 2. The van der Waals surface area contributed by atoms with Crippen LogP contribution in [-0.2, 0) is 6.42 Å². The van der Waals surface area contributed by atoms with Crippen molar-refractivity contribution in [1.82, 2.24) is 24.8 Å². The maximum atomic E-state index is 13.5. The molecular formula is C21H24N6O. The summed E-state index contributed by atoms with van der Waals surface area (Å²) in [7, 11) is 0. The van der Waals surface area contributed by atoms with Crippen molar-refractivity contribution >= 4 is 22.9 Å². The number of aromatic nitrogens is 4. The topological polar surface area (TPSA) is 86.8 Å². The van der Waals surface area contributed by atoms with Gasteiger partial charge in [0.15, 0.2) is 11.5 Å². The number of aryl methyl sites for hydroxylation is 1. The number of H-pyrrole nitrogens is 1. The molecule has 7 nitrogen and oxygen atoms in total. The predicted molar refractivity (Wildman–Crippen MR) is 107 cm³/mol. The Labute approximate surface area is 163 Å². The van der Waals surface area contributed by atoms with E-state index in [1.807, 2.05) is 19.1 Å². The smallest absolute Gasteiger partial charge is 0.254 e. The van der Waals surface area contributed by atoms with Crippen LogP contribution in [0.4, 0.5) is 5.82 Å². The molecule has 1 amide bonds. The number of aromatic amines is 1. The Bertz CT molecular complexity index is 1040. The Kier molecular flexibility index (Phi) is 4.03. The number of anilines is 1. The van der Waals surface area contributed by atoms with E-state index in [-0.39, 0.29) is 18.0 Å². The number of nitrogens with zero attached hydrogens (tertiary/aromatic N) is 4. The highest BCUT2D eigenvalue weighted by Crippen LogP contribution is 2.35. The Morgan fingerprint density at radius 3 is 2.89 bits per heavy atom. The second-order valence-corrected chi connectivity index (χ2v) is 7.93. The molecule has 3 heterocycles. The summed E-state index contributed by atoms with van der Waals surface area (Å²) in [5.74, 6) is 0.906. The average molecular weight is 376 g/mol. The lowest BCUT2D eigenvalue weighted by Gasteiger charge is -2.48. The van der Waals surface area contributed by atoms with Crippen molar-refractivity contribution in [3.8, 4) is 0 Å².